The van der Waals surface area contributed by atoms with Gasteiger partial charge in [-0.25, -0.2) is 0 Å². The van der Waals surface area contributed by atoms with Crippen LogP contribution in [0.15, 0.2) is 24.3 Å². The second-order valence-electron chi connectivity index (χ2n) is 20.7. The van der Waals surface area contributed by atoms with E-state index in [-0.39, 0.29) is 12.8 Å². The van der Waals surface area contributed by atoms with E-state index in [2.05, 4.69) is 43.5 Å². The molecule has 8 N–H and O–H groups in total. The van der Waals surface area contributed by atoms with Crippen molar-refractivity contribution in [2.75, 3.05) is 13.2 Å². The summed E-state index contributed by atoms with van der Waals surface area (Å²) in [5.74, 6) is -0.705. The van der Waals surface area contributed by atoms with E-state index in [0.717, 1.165) is 38.5 Å². The van der Waals surface area contributed by atoms with Gasteiger partial charge in [0.2, 0.25) is 5.91 Å². The van der Waals surface area contributed by atoms with Crippen LogP contribution in [-0.4, -0.2) is 110 Å². The lowest BCUT2D eigenvalue weighted by Gasteiger charge is -2.40. The molecule has 1 aliphatic rings. The molecule has 0 radical (unpaired) electrons. The first-order chi connectivity index (χ1) is 33.7. The fourth-order valence-electron chi connectivity index (χ4n) is 9.44. The van der Waals surface area contributed by atoms with Gasteiger partial charge in [-0.05, 0) is 64.2 Å². The molecule has 1 heterocycles. The van der Waals surface area contributed by atoms with Crippen LogP contribution in [0.1, 0.15) is 271 Å². The zero-order valence-corrected chi connectivity index (χ0v) is 44.6. The van der Waals surface area contributed by atoms with E-state index in [9.17, 15) is 40.5 Å². The Morgan fingerprint density at radius 1 is 0.493 bits per heavy atom. The predicted molar refractivity (Wildman–Crippen MR) is 284 cm³/mol. The SMILES string of the molecule is CCCCCCCCCCCCC/C=C/CCCC(O)C(O)C(COC1OC(CO)C(O)C(O)C1O)NC(=O)C(O)CCCCCCCCCCCC/C=C\CCCCCCCCCCCCCC. The molecule has 0 aromatic rings. The Balaban J connectivity index is 2.29. The maximum absolute atomic E-state index is 13.2. The Morgan fingerprint density at radius 3 is 1.25 bits per heavy atom. The smallest absolute Gasteiger partial charge is 0.249 e. The van der Waals surface area contributed by atoms with E-state index in [0.29, 0.717) is 12.8 Å². The Bertz CT molecular complexity index is 1170. The van der Waals surface area contributed by atoms with Gasteiger partial charge in [-0.3, -0.25) is 4.79 Å². The quantitative estimate of drug-likeness (QED) is 0.0215. The molecule has 0 aliphatic carbocycles. The first-order valence-corrected chi connectivity index (χ1v) is 29.2. The Kier molecular flexibility index (Phi) is 45.2. The fraction of sp³-hybridized carbons (Fsp3) is 0.914. The number of aliphatic hydroxyl groups excluding tert-OH is 7. The zero-order valence-electron chi connectivity index (χ0n) is 44.6. The van der Waals surface area contributed by atoms with Gasteiger partial charge in [0.05, 0.1) is 25.4 Å². The number of rotatable bonds is 50. The molecule has 1 amide bonds. The molecule has 0 spiro atoms. The van der Waals surface area contributed by atoms with Crippen molar-refractivity contribution in [1.82, 2.24) is 5.32 Å². The van der Waals surface area contributed by atoms with Gasteiger partial charge < -0.3 is 50.5 Å². The van der Waals surface area contributed by atoms with Crippen molar-refractivity contribution in [1.29, 1.82) is 0 Å². The number of carbonyl (C=O) groups excluding carboxylic acids is 1. The molecular weight excluding hydrogens is 871 g/mol. The summed E-state index contributed by atoms with van der Waals surface area (Å²) in [5, 5.41) is 76.1. The van der Waals surface area contributed by atoms with E-state index in [1.54, 1.807) is 0 Å². The number of carbonyl (C=O) groups is 1. The van der Waals surface area contributed by atoms with E-state index in [4.69, 9.17) is 9.47 Å². The summed E-state index contributed by atoms with van der Waals surface area (Å²) >= 11 is 0. The Labute approximate surface area is 423 Å². The number of hydrogen-bond donors (Lipinski definition) is 8. The second-order valence-corrected chi connectivity index (χ2v) is 20.7. The van der Waals surface area contributed by atoms with Gasteiger partial charge in [-0.1, -0.05) is 231 Å². The first-order valence-electron chi connectivity index (χ1n) is 29.2. The third-order valence-corrected chi connectivity index (χ3v) is 14.2. The number of ether oxygens (including phenoxy) is 2. The lowest BCUT2D eigenvalue weighted by atomic mass is 9.98. The maximum atomic E-state index is 13.2. The van der Waals surface area contributed by atoms with E-state index < -0.39 is 74.2 Å². The highest BCUT2D eigenvalue weighted by atomic mass is 16.7. The molecule has 0 aromatic heterocycles. The average Bonchev–Trinajstić information content (AvgIpc) is 3.35. The van der Waals surface area contributed by atoms with Crippen LogP contribution in [0, 0.1) is 0 Å². The molecule has 11 heteroatoms. The third kappa shape index (κ3) is 36.2. The van der Waals surface area contributed by atoms with Gasteiger partial charge in [0.25, 0.3) is 0 Å². The molecule has 9 atom stereocenters. The molecule has 9 unspecified atom stereocenters. The highest BCUT2D eigenvalue weighted by Crippen LogP contribution is 2.23. The lowest BCUT2D eigenvalue weighted by molar-refractivity contribution is -0.303. The molecule has 1 fully saturated rings. The minimum atomic E-state index is -1.67. The highest BCUT2D eigenvalue weighted by Gasteiger charge is 2.44. The van der Waals surface area contributed by atoms with Crippen molar-refractivity contribution in [2.24, 2.45) is 0 Å². The lowest BCUT2D eigenvalue weighted by Crippen LogP contribution is -2.60. The number of nitrogens with one attached hydrogen (secondary N) is 1. The molecule has 0 aromatic carbocycles. The van der Waals surface area contributed by atoms with Crippen LogP contribution in [-0.2, 0) is 14.3 Å². The fourth-order valence-corrected chi connectivity index (χ4v) is 9.44. The molecular formula is C58H111NO10. The molecule has 408 valence electrons. The number of unbranched alkanes of at least 4 members (excludes halogenated alkanes) is 34. The van der Waals surface area contributed by atoms with Crippen LogP contribution >= 0.6 is 0 Å². The van der Waals surface area contributed by atoms with Gasteiger partial charge in [-0.2, -0.15) is 0 Å². The van der Waals surface area contributed by atoms with E-state index in [1.807, 2.05) is 0 Å². The molecule has 1 saturated heterocycles. The number of amides is 1. The van der Waals surface area contributed by atoms with Gasteiger partial charge in [-0.15, -0.1) is 0 Å². The summed E-state index contributed by atoms with van der Waals surface area (Å²) in [6.07, 6.45) is 45.2. The van der Waals surface area contributed by atoms with Crippen molar-refractivity contribution in [3.63, 3.8) is 0 Å². The Hall–Kier alpha value is -1.41. The van der Waals surface area contributed by atoms with Crippen LogP contribution in [0.25, 0.3) is 0 Å². The molecule has 0 bridgehead atoms. The van der Waals surface area contributed by atoms with E-state index >= 15 is 0 Å². The largest absolute Gasteiger partial charge is 0.394 e. The van der Waals surface area contributed by atoms with Gasteiger partial charge >= 0.3 is 0 Å². The number of hydrogen-bond acceptors (Lipinski definition) is 10. The average molecular weight is 983 g/mol. The van der Waals surface area contributed by atoms with E-state index in [1.165, 1.54) is 193 Å². The van der Waals surface area contributed by atoms with Gasteiger partial charge in [0, 0.05) is 0 Å². The first kappa shape index (κ1) is 65.6. The van der Waals surface area contributed by atoms with Crippen molar-refractivity contribution in [3.05, 3.63) is 24.3 Å². The zero-order chi connectivity index (χ0) is 50.4. The summed E-state index contributed by atoms with van der Waals surface area (Å²) < 4.78 is 11.1. The van der Waals surface area contributed by atoms with Gasteiger partial charge in [0.15, 0.2) is 6.29 Å². The van der Waals surface area contributed by atoms with Crippen molar-refractivity contribution in [2.45, 2.75) is 326 Å². The number of allylic oxidation sites excluding steroid dienone is 4. The third-order valence-electron chi connectivity index (χ3n) is 14.2. The topological polar surface area (TPSA) is 189 Å². The molecule has 69 heavy (non-hydrogen) atoms. The molecule has 0 saturated carbocycles. The normalized spacial score (nSPS) is 20.5. The van der Waals surface area contributed by atoms with Crippen molar-refractivity contribution < 1.29 is 50.0 Å². The highest BCUT2D eigenvalue weighted by molar-refractivity contribution is 5.80. The summed E-state index contributed by atoms with van der Waals surface area (Å²) in [7, 11) is 0. The monoisotopic (exact) mass is 982 g/mol. The molecule has 1 aliphatic heterocycles. The molecule has 11 nitrogen and oxygen atoms in total. The minimum absolute atomic E-state index is 0.254. The summed E-state index contributed by atoms with van der Waals surface area (Å²) in [5.41, 5.74) is 0. The molecule has 1 rings (SSSR count). The van der Waals surface area contributed by atoms with Crippen LogP contribution in [0.5, 0.6) is 0 Å². The Morgan fingerprint density at radius 2 is 0.855 bits per heavy atom. The van der Waals surface area contributed by atoms with Crippen LogP contribution in [0.2, 0.25) is 0 Å². The van der Waals surface area contributed by atoms with Crippen LogP contribution < -0.4 is 5.32 Å². The van der Waals surface area contributed by atoms with Crippen LogP contribution in [0.3, 0.4) is 0 Å². The summed E-state index contributed by atoms with van der Waals surface area (Å²) in [4.78, 5) is 13.2. The van der Waals surface area contributed by atoms with Gasteiger partial charge in [0.1, 0.15) is 36.6 Å². The second kappa shape index (κ2) is 47.6. The van der Waals surface area contributed by atoms with Crippen molar-refractivity contribution >= 4 is 5.91 Å². The maximum Gasteiger partial charge on any atom is 0.249 e. The standard InChI is InChI=1S/C58H111NO10/c1-3-5-7-9-11-13-15-17-19-21-22-23-24-25-26-27-28-29-30-32-34-36-38-40-42-44-46-51(62)57(67)59-49(48-68-58-56(66)55(65)54(64)52(47-60)69-58)53(63)50(61)45-43-41-39-37-35-33-31-20-18-16-14-12-10-8-6-4-2/h25-26,37,39,49-56,58,60-66H,3-24,27-36,38,40-48H2,1-2H3,(H,59,67)/b26-25-,39-37+. The summed E-state index contributed by atoms with van der Waals surface area (Å²) in [6.45, 7) is 3.46. The summed E-state index contributed by atoms with van der Waals surface area (Å²) in [6, 6.07) is -1.18. The minimum Gasteiger partial charge on any atom is -0.394 e. The number of aliphatic hydroxyl groups is 7. The predicted octanol–water partition coefficient (Wildman–Crippen LogP) is 12.1. The van der Waals surface area contributed by atoms with Crippen molar-refractivity contribution in [3.8, 4) is 0 Å². The van der Waals surface area contributed by atoms with Crippen LogP contribution in [0.4, 0.5) is 0 Å².